The monoisotopic (exact) mass is 1420 g/mol. The summed E-state index contributed by atoms with van der Waals surface area (Å²) < 4.78 is 0. The van der Waals surface area contributed by atoms with E-state index in [4.69, 9.17) is 5.73 Å². The minimum absolute atomic E-state index is 0.0460. The first-order chi connectivity index (χ1) is 49.1. The lowest BCUT2D eigenvalue weighted by Crippen LogP contribution is -2.53. The van der Waals surface area contributed by atoms with Gasteiger partial charge < -0.3 is 74.6 Å². The third-order valence-corrected chi connectivity index (χ3v) is 25.6. The Morgan fingerprint density at radius 2 is 0.480 bits per heavy atom. The van der Waals surface area contributed by atoms with Crippen molar-refractivity contribution in [2.24, 2.45) is 70.8 Å². The van der Waals surface area contributed by atoms with Gasteiger partial charge in [-0.05, 0) is 148 Å². The van der Waals surface area contributed by atoms with Gasteiger partial charge in [0.05, 0.1) is 65.1 Å². The predicted octanol–water partition coefficient (Wildman–Crippen LogP) is 2.37. The summed E-state index contributed by atoms with van der Waals surface area (Å²) in [6.07, 6.45) is 20.4. The number of hydrogen-bond acceptors (Lipinski definition) is 14. The maximum atomic E-state index is 14.2. The second kappa shape index (κ2) is 34.9. The maximum Gasteiger partial charge on any atom is 0.303 e. The maximum absolute atomic E-state index is 14.2. The summed E-state index contributed by atoms with van der Waals surface area (Å²) in [7, 11) is 0. The highest BCUT2D eigenvalue weighted by Gasteiger charge is 2.48. The van der Waals surface area contributed by atoms with Crippen molar-refractivity contribution in [3.05, 3.63) is 0 Å². The standard InChI is InChI=1S/C74H113N13O15/c1-38(88)76-52-25-3-14-41(52)66(94)81-56-29-7-18-45(56)70(98)85-60-33-11-22-49(60)73(101)84-58-31-9-20-47(58)69(97)80-54-27-5-16-43(54)65(93)77-39(35-36-63(90)91)37-62(89)78-53-26-4-15-42(53)67(95)82-57-30-8-19-46(57)71(99)86-61-34-12-23-50(61)74(102)87-59-32-10-21-48(59)72(100)83-55-28-6-17-44(55)68(96)79-51-24-2-13-40(51)64(75)92/h39-61H,2-37H2,1H3,(H2,75,92)(H,76,88)(H,77,93)(H,78,89)(H,79,96)(H,80,97)(H,81,94)(H,82,95)(H,83,100)(H,84,101)(H,85,98)(H,86,99)(H,87,102)(H,90,91)/t39-,40-,41-,42-,43-,44-,45-,46-,47-,48-,49-,50-,51-,52-,53-,54-,55-,56-,57-,58-,59-,60-,61-/m0/s1. The Kier molecular flexibility index (Phi) is 25.9. The zero-order valence-corrected chi connectivity index (χ0v) is 59.5. The average molecular weight is 1420 g/mol. The van der Waals surface area contributed by atoms with Gasteiger partial charge in [-0.15, -0.1) is 0 Å². The number of amides is 13. The number of nitrogens with one attached hydrogen (secondary N) is 12. The summed E-state index contributed by atoms with van der Waals surface area (Å²) in [5.74, 6) is -10.0. The number of aliphatic carboxylic acids is 1. The molecule has 0 aromatic carbocycles. The minimum Gasteiger partial charge on any atom is -0.481 e. The molecule has 11 saturated carbocycles. The SMILES string of the molecule is CC(=O)N[C@H]1CCC[C@@H]1C(=O)N[C@H]1CCC[C@@H]1C(=O)N[C@H]1CCC[C@@H]1C(=O)N[C@H]1CCC[C@@H]1C(=O)N[C@H]1CCC[C@@H]1C(=O)N[C@@H](CCC(=O)O)CC(=O)N[C@H]1CCC[C@@H]1C(=O)N[C@H]1CCC[C@@H]1C(=O)N[C@H]1CCC[C@@H]1C(=O)N[C@H]1CCC[C@@H]1C(=O)N[C@H]1CCC[C@@H]1C(=O)N[C@H]1CCC[C@@H]1C(N)=O. The van der Waals surface area contributed by atoms with Crippen LogP contribution in [0.15, 0.2) is 0 Å². The molecular formula is C74H113N13O15. The van der Waals surface area contributed by atoms with Crippen LogP contribution >= 0.6 is 0 Å². The van der Waals surface area contributed by atoms with Crippen molar-refractivity contribution in [2.75, 3.05) is 0 Å². The molecule has 28 nitrogen and oxygen atoms in total. The number of nitrogens with two attached hydrogens (primary N) is 1. The Hall–Kier alpha value is -7.42. The van der Waals surface area contributed by atoms with Gasteiger partial charge in [0.1, 0.15) is 0 Å². The van der Waals surface area contributed by atoms with Gasteiger partial charge in [-0.1, -0.05) is 70.6 Å². The van der Waals surface area contributed by atoms with Crippen molar-refractivity contribution in [2.45, 2.75) is 311 Å². The number of hydrogen-bond donors (Lipinski definition) is 14. The smallest absolute Gasteiger partial charge is 0.303 e. The predicted molar refractivity (Wildman–Crippen MR) is 370 cm³/mol. The molecule has 0 spiro atoms. The molecule has 0 heterocycles. The highest BCUT2D eigenvalue weighted by atomic mass is 16.4. The summed E-state index contributed by atoms with van der Waals surface area (Å²) in [5, 5.41) is 46.8. The van der Waals surface area contributed by atoms with Crippen molar-refractivity contribution in [1.82, 2.24) is 63.8 Å². The Balaban J connectivity index is 0.612. The van der Waals surface area contributed by atoms with Gasteiger partial charge >= 0.3 is 5.97 Å². The molecule has 23 atom stereocenters. The topological polar surface area (TPSA) is 430 Å². The van der Waals surface area contributed by atoms with Crippen molar-refractivity contribution < 1.29 is 72.2 Å². The second-order valence-corrected chi connectivity index (χ2v) is 32.2. The van der Waals surface area contributed by atoms with Crippen LogP contribution in [0, 0.1) is 65.1 Å². The van der Waals surface area contributed by atoms with Crippen LogP contribution in [0.3, 0.4) is 0 Å². The number of carboxylic acid groups (broad SMARTS) is 1. The molecule has 102 heavy (non-hydrogen) atoms. The Morgan fingerprint density at radius 3 is 0.696 bits per heavy atom. The molecule has 28 heteroatoms. The molecule has 11 fully saturated rings. The van der Waals surface area contributed by atoms with Crippen LogP contribution in [0.4, 0.5) is 0 Å². The van der Waals surface area contributed by atoms with Crippen LogP contribution in [-0.4, -0.2) is 160 Å². The first kappa shape index (κ1) is 75.7. The van der Waals surface area contributed by atoms with Gasteiger partial charge in [0.25, 0.3) is 0 Å². The molecule has 0 aromatic heterocycles. The average Bonchev–Trinajstić information content (AvgIpc) is 1.68. The molecule has 11 aliphatic rings. The molecule has 0 aromatic rings. The van der Waals surface area contributed by atoms with Gasteiger partial charge in [-0.2, -0.15) is 0 Å². The lowest BCUT2D eigenvalue weighted by atomic mass is 9.95. The van der Waals surface area contributed by atoms with E-state index in [-0.39, 0.29) is 108 Å². The summed E-state index contributed by atoms with van der Waals surface area (Å²) in [5.41, 5.74) is 5.61. The Labute approximate surface area is 597 Å². The van der Waals surface area contributed by atoms with Gasteiger partial charge in [-0.3, -0.25) is 67.1 Å². The van der Waals surface area contributed by atoms with E-state index in [0.717, 1.165) is 51.4 Å². The van der Waals surface area contributed by atoms with Gasteiger partial charge in [0.15, 0.2) is 0 Å². The second-order valence-electron chi connectivity index (χ2n) is 32.2. The third-order valence-electron chi connectivity index (χ3n) is 25.6. The molecule has 0 unspecified atom stereocenters. The summed E-state index contributed by atoms with van der Waals surface area (Å²) in [4.78, 5) is 189. The highest BCUT2D eigenvalue weighted by molar-refractivity contribution is 5.90. The number of primary amides is 1. The van der Waals surface area contributed by atoms with E-state index in [1.54, 1.807) is 0 Å². The Bertz CT molecular complexity index is 3130. The molecule has 13 amide bonds. The van der Waals surface area contributed by atoms with E-state index < -0.39 is 131 Å². The van der Waals surface area contributed by atoms with Crippen molar-refractivity contribution in [3.8, 4) is 0 Å². The van der Waals surface area contributed by atoms with Crippen molar-refractivity contribution in [3.63, 3.8) is 0 Å². The summed E-state index contributed by atoms with van der Waals surface area (Å²) >= 11 is 0. The number of carboxylic acids is 1. The summed E-state index contributed by atoms with van der Waals surface area (Å²) in [6.45, 7) is 1.44. The lowest BCUT2D eigenvalue weighted by Gasteiger charge is -2.29. The van der Waals surface area contributed by atoms with Crippen LogP contribution in [0.2, 0.25) is 0 Å². The van der Waals surface area contributed by atoms with E-state index in [1.165, 1.54) is 6.92 Å². The van der Waals surface area contributed by atoms with Crippen LogP contribution < -0.4 is 69.5 Å². The minimum atomic E-state index is -1.11. The molecule has 11 aliphatic carbocycles. The molecule has 0 aliphatic heterocycles. The first-order valence-corrected chi connectivity index (χ1v) is 39.2. The summed E-state index contributed by atoms with van der Waals surface area (Å²) in [6, 6.07) is -5.41. The van der Waals surface area contributed by atoms with E-state index in [9.17, 15) is 72.2 Å². The van der Waals surface area contributed by atoms with Gasteiger partial charge in [-0.25, -0.2) is 0 Å². The highest BCUT2D eigenvalue weighted by Crippen LogP contribution is 2.38. The number of carbonyl (C=O) groups excluding carboxylic acids is 13. The molecule has 15 N–H and O–H groups in total. The van der Waals surface area contributed by atoms with Crippen LogP contribution in [0.25, 0.3) is 0 Å². The first-order valence-electron chi connectivity index (χ1n) is 39.2. The van der Waals surface area contributed by atoms with E-state index in [0.29, 0.717) is 161 Å². The third kappa shape index (κ3) is 18.7. The molecule has 564 valence electrons. The van der Waals surface area contributed by atoms with Gasteiger partial charge in [0.2, 0.25) is 76.8 Å². The van der Waals surface area contributed by atoms with E-state index in [2.05, 4.69) is 63.8 Å². The fraction of sp³-hybridized carbons (Fsp3) is 0.811. The lowest BCUT2D eigenvalue weighted by molar-refractivity contribution is -0.138. The Morgan fingerprint density at radius 1 is 0.284 bits per heavy atom. The van der Waals surface area contributed by atoms with E-state index >= 15 is 0 Å². The van der Waals surface area contributed by atoms with Crippen LogP contribution in [-0.2, 0) is 67.1 Å². The fourth-order valence-electron chi connectivity index (χ4n) is 20.1. The number of rotatable bonds is 28. The van der Waals surface area contributed by atoms with Crippen molar-refractivity contribution >= 4 is 82.8 Å². The zero-order chi connectivity index (χ0) is 72.3. The molecule has 0 saturated heterocycles. The fourth-order valence-corrected chi connectivity index (χ4v) is 20.1. The zero-order valence-electron chi connectivity index (χ0n) is 59.5. The molecule has 0 bridgehead atoms. The van der Waals surface area contributed by atoms with Crippen LogP contribution in [0.1, 0.15) is 238 Å². The quantitative estimate of drug-likeness (QED) is 0.0535. The molecule has 0 radical (unpaired) electrons. The van der Waals surface area contributed by atoms with Gasteiger partial charge in [0, 0.05) is 92.3 Å². The van der Waals surface area contributed by atoms with Crippen molar-refractivity contribution in [1.29, 1.82) is 0 Å². The normalized spacial score (nSPS) is 35.7. The largest absolute Gasteiger partial charge is 0.481 e. The van der Waals surface area contributed by atoms with Crippen LogP contribution in [0.5, 0.6) is 0 Å². The van der Waals surface area contributed by atoms with E-state index in [1.807, 2.05) is 0 Å². The molecule has 11 rings (SSSR count). The number of carbonyl (C=O) groups is 14. The molecular weight excluding hydrogens is 1310 g/mol.